The SMILES string of the molecule is CC(C)CN1CC(CC#N)N(C)CC1C. The van der Waals surface area contributed by atoms with Crippen molar-refractivity contribution in [2.75, 3.05) is 26.7 Å². The predicted molar refractivity (Wildman–Crippen MR) is 62.5 cm³/mol. The van der Waals surface area contributed by atoms with Gasteiger partial charge in [0.05, 0.1) is 12.5 Å². The molecule has 1 fully saturated rings. The van der Waals surface area contributed by atoms with Crippen LogP contribution in [0.25, 0.3) is 0 Å². The summed E-state index contributed by atoms with van der Waals surface area (Å²) in [6.07, 6.45) is 0.651. The van der Waals surface area contributed by atoms with Crippen molar-refractivity contribution in [3.63, 3.8) is 0 Å². The number of hydrogen-bond donors (Lipinski definition) is 0. The molecule has 2 unspecified atom stereocenters. The van der Waals surface area contributed by atoms with Crippen LogP contribution in [0.3, 0.4) is 0 Å². The number of likely N-dealkylation sites (N-methyl/N-ethyl adjacent to an activating group) is 1. The number of hydrogen-bond acceptors (Lipinski definition) is 3. The van der Waals surface area contributed by atoms with Gasteiger partial charge in [-0.1, -0.05) is 13.8 Å². The van der Waals surface area contributed by atoms with Gasteiger partial charge in [0.15, 0.2) is 0 Å². The average molecular weight is 209 g/mol. The highest BCUT2D eigenvalue weighted by atomic mass is 15.3. The van der Waals surface area contributed by atoms with Gasteiger partial charge in [-0.15, -0.1) is 0 Å². The highest BCUT2D eigenvalue weighted by Gasteiger charge is 2.29. The summed E-state index contributed by atoms with van der Waals surface area (Å²) in [4.78, 5) is 4.84. The molecule has 2 atom stereocenters. The molecule has 0 saturated carbocycles. The maximum Gasteiger partial charge on any atom is 0.0638 e. The van der Waals surface area contributed by atoms with Crippen LogP contribution in [0.4, 0.5) is 0 Å². The Morgan fingerprint density at radius 3 is 2.60 bits per heavy atom. The van der Waals surface area contributed by atoms with Gasteiger partial charge in [0.1, 0.15) is 0 Å². The van der Waals surface area contributed by atoms with Crippen LogP contribution in [-0.2, 0) is 0 Å². The summed E-state index contributed by atoms with van der Waals surface area (Å²) in [5.74, 6) is 0.707. The first-order valence-electron chi connectivity index (χ1n) is 5.85. The largest absolute Gasteiger partial charge is 0.300 e. The molecule has 1 aliphatic heterocycles. The lowest BCUT2D eigenvalue weighted by atomic mass is 10.0. The lowest BCUT2D eigenvalue weighted by Crippen LogP contribution is -2.56. The Morgan fingerprint density at radius 2 is 2.07 bits per heavy atom. The molecule has 0 amide bonds. The van der Waals surface area contributed by atoms with Gasteiger partial charge < -0.3 is 0 Å². The standard InChI is InChI=1S/C12H23N3/c1-10(2)7-15-9-12(5-6-13)14(4)8-11(15)3/h10-12H,5,7-9H2,1-4H3. The zero-order chi connectivity index (χ0) is 11.4. The van der Waals surface area contributed by atoms with Crippen LogP contribution < -0.4 is 0 Å². The van der Waals surface area contributed by atoms with Gasteiger partial charge in [0, 0.05) is 31.7 Å². The lowest BCUT2D eigenvalue weighted by Gasteiger charge is -2.43. The smallest absolute Gasteiger partial charge is 0.0638 e. The Hall–Kier alpha value is -0.590. The normalized spacial score (nSPS) is 29.3. The van der Waals surface area contributed by atoms with E-state index in [0.717, 1.165) is 19.6 Å². The molecule has 1 heterocycles. The number of rotatable bonds is 3. The van der Waals surface area contributed by atoms with E-state index >= 15 is 0 Å². The molecule has 0 N–H and O–H groups in total. The van der Waals surface area contributed by atoms with Gasteiger partial charge in [-0.3, -0.25) is 9.80 Å². The van der Waals surface area contributed by atoms with E-state index < -0.39 is 0 Å². The van der Waals surface area contributed by atoms with Crippen LogP contribution in [0.1, 0.15) is 27.2 Å². The summed E-state index contributed by atoms with van der Waals surface area (Å²) in [5, 5.41) is 8.78. The number of nitriles is 1. The third-order valence-corrected chi connectivity index (χ3v) is 3.17. The van der Waals surface area contributed by atoms with Crippen LogP contribution in [-0.4, -0.2) is 48.6 Å². The quantitative estimate of drug-likeness (QED) is 0.706. The van der Waals surface area contributed by atoms with Crippen LogP contribution in [0, 0.1) is 17.2 Å². The second-order valence-corrected chi connectivity index (χ2v) is 5.15. The number of piperazine rings is 1. The van der Waals surface area contributed by atoms with Crippen molar-refractivity contribution in [1.82, 2.24) is 9.80 Å². The van der Waals surface area contributed by atoms with Crippen LogP contribution in [0.2, 0.25) is 0 Å². The summed E-state index contributed by atoms with van der Waals surface area (Å²) in [6.45, 7) is 10.1. The van der Waals surface area contributed by atoms with Gasteiger partial charge >= 0.3 is 0 Å². The molecule has 0 radical (unpaired) electrons. The third-order valence-electron chi connectivity index (χ3n) is 3.17. The molecule has 0 spiro atoms. The monoisotopic (exact) mass is 209 g/mol. The molecule has 15 heavy (non-hydrogen) atoms. The predicted octanol–water partition coefficient (Wildman–Crippen LogP) is 1.56. The fourth-order valence-electron chi connectivity index (χ4n) is 2.32. The summed E-state index contributed by atoms with van der Waals surface area (Å²) in [6, 6.07) is 3.33. The van der Waals surface area contributed by atoms with Crippen LogP contribution in [0.5, 0.6) is 0 Å². The van der Waals surface area contributed by atoms with Crippen molar-refractivity contribution in [3.05, 3.63) is 0 Å². The Kier molecular flexibility index (Phi) is 4.56. The van der Waals surface area contributed by atoms with Crippen molar-refractivity contribution in [3.8, 4) is 6.07 Å². The van der Waals surface area contributed by atoms with Crippen molar-refractivity contribution in [2.24, 2.45) is 5.92 Å². The second kappa shape index (κ2) is 5.48. The highest BCUT2D eigenvalue weighted by Crippen LogP contribution is 2.16. The first-order valence-corrected chi connectivity index (χ1v) is 5.85. The van der Waals surface area contributed by atoms with E-state index in [-0.39, 0.29) is 0 Å². The van der Waals surface area contributed by atoms with Crippen LogP contribution in [0.15, 0.2) is 0 Å². The van der Waals surface area contributed by atoms with E-state index in [1.54, 1.807) is 0 Å². The van der Waals surface area contributed by atoms with Gasteiger partial charge in [-0.05, 0) is 19.9 Å². The van der Waals surface area contributed by atoms with E-state index in [4.69, 9.17) is 5.26 Å². The topological polar surface area (TPSA) is 30.3 Å². The molecule has 1 rings (SSSR count). The first kappa shape index (κ1) is 12.5. The van der Waals surface area contributed by atoms with E-state index in [1.165, 1.54) is 0 Å². The van der Waals surface area contributed by atoms with E-state index in [1.807, 2.05) is 0 Å². The van der Waals surface area contributed by atoms with E-state index in [0.29, 0.717) is 24.4 Å². The molecule has 0 aliphatic carbocycles. The molecule has 1 saturated heterocycles. The maximum atomic E-state index is 8.78. The zero-order valence-corrected chi connectivity index (χ0v) is 10.4. The van der Waals surface area contributed by atoms with Crippen LogP contribution >= 0.6 is 0 Å². The van der Waals surface area contributed by atoms with Gasteiger partial charge in [0.25, 0.3) is 0 Å². The lowest BCUT2D eigenvalue weighted by molar-refractivity contribution is 0.0465. The Morgan fingerprint density at radius 1 is 1.40 bits per heavy atom. The Bertz CT molecular complexity index is 232. The fraction of sp³-hybridized carbons (Fsp3) is 0.917. The van der Waals surface area contributed by atoms with Gasteiger partial charge in [0.2, 0.25) is 0 Å². The molecule has 1 aliphatic rings. The first-order chi connectivity index (χ1) is 7.04. The molecule has 86 valence electrons. The fourth-order valence-corrected chi connectivity index (χ4v) is 2.32. The minimum Gasteiger partial charge on any atom is -0.300 e. The average Bonchev–Trinajstić information content (AvgIpc) is 2.12. The van der Waals surface area contributed by atoms with Gasteiger partial charge in [-0.25, -0.2) is 0 Å². The van der Waals surface area contributed by atoms with Gasteiger partial charge in [-0.2, -0.15) is 5.26 Å². The summed E-state index contributed by atoms with van der Waals surface area (Å²) >= 11 is 0. The summed E-state index contributed by atoms with van der Waals surface area (Å²) in [5.41, 5.74) is 0. The molecule has 0 bridgehead atoms. The van der Waals surface area contributed by atoms with E-state index in [2.05, 4.69) is 43.7 Å². The van der Waals surface area contributed by atoms with Crippen molar-refractivity contribution >= 4 is 0 Å². The van der Waals surface area contributed by atoms with Crippen molar-refractivity contribution in [2.45, 2.75) is 39.3 Å². The second-order valence-electron chi connectivity index (χ2n) is 5.15. The molecule has 0 aromatic carbocycles. The molecule has 0 aromatic heterocycles. The Labute approximate surface area is 93.7 Å². The maximum absolute atomic E-state index is 8.78. The van der Waals surface area contributed by atoms with Crippen molar-refractivity contribution < 1.29 is 0 Å². The van der Waals surface area contributed by atoms with E-state index in [9.17, 15) is 0 Å². The molecule has 3 heteroatoms. The summed E-state index contributed by atoms with van der Waals surface area (Å²) < 4.78 is 0. The summed E-state index contributed by atoms with van der Waals surface area (Å²) in [7, 11) is 2.13. The molecular weight excluding hydrogens is 186 g/mol. The zero-order valence-electron chi connectivity index (χ0n) is 10.4. The molecule has 0 aromatic rings. The number of nitrogens with zero attached hydrogens (tertiary/aromatic N) is 3. The molecule has 3 nitrogen and oxygen atoms in total. The molecular formula is C12H23N3. The Balaban J connectivity index is 2.55. The highest BCUT2D eigenvalue weighted by molar-refractivity contribution is 4.90. The van der Waals surface area contributed by atoms with Crippen molar-refractivity contribution in [1.29, 1.82) is 5.26 Å². The third kappa shape index (κ3) is 3.48. The minimum atomic E-state index is 0.421. The minimum absolute atomic E-state index is 0.421.